The number of carbonyl (C=O) groups is 2. The molecule has 5 nitrogen and oxygen atoms in total. The van der Waals surface area contributed by atoms with Gasteiger partial charge in [0, 0.05) is 5.97 Å². The van der Waals surface area contributed by atoms with Gasteiger partial charge in [-0.2, -0.15) is 0 Å². The third kappa shape index (κ3) is 6.45. The van der Waals surface area contributed by atoms with E-state index in [0.717, 1.165) is 32.1 Å². The van der Waals surface area contributed by atoms with E-state index in [1.165, 1.54) is 12.8 Å². The fourth-order valence-corrected chi connectivity index (χ4v) is 2.55. The number of carbonyl (C=O) groups excluding carboxylic acids is 2. The Hall–Kier alpha value is -1.26. The van der Waals surface area contributed by atoms with Crippen molar-refractivity contribution in [3.8, 4) is 0 Å². The summed E-state index contributed by atoms with van der Waals surface area (Å²) >= 11 is 0. The largest absolute Gasteiger partial charge is 0.550 e. The smallest absolute Gasteiger partial charge is 0.315 e. The average Bonchev–Trinajstić information content (AvgIpc) is 2.69. The first-order valence-corrected chi connectivity index (χ1v) is 7.40. The molecule has 0 unspecified atom stereocenters. The number of urea groups is 1. The van der Waals surface area contributed by atoms with Crippen molar-refractivity contribution in [1.29, 1.82) is 0 Å². The minimum atomic E-state index is -0.978. The number of amides is 2. The lowest BCUT2D eigenvalue weighted by Crippen LogP contribution is -2.33. The van der Waals surface area contributed by atoms with E-state index in [4.69, 9.17) is 0 Å². The summed E-state index contributed by atoms with van der Waals surface area (Å²) in [6.45, 7) is 2.17. The van der Waals surface area contributed by atoms with Gasteiger partial charge in [-0.25, -0.2) is 4.79 Å². The SMILES string of the molecule is CCCCC[C@H]1NC(=O)N[C@@H]1CCCCCC(=O)[O-]. The number of carboxylic acid groups (broad SMARTS) is 1. The van der Waals surface area contributed by atoms with E-state index in [-0.39, 0.29) is 24.5 Å². The average molecular weight is 269 g/mol. The van der Waals surface area contributed by atoms with Crippen molar-refractivity contribution in [2.24, 2.45) is 0 Å². The highest BCUT2D eigenvalue weighted by Crippen LogP contribution is 2.16. The van der Waals surface area contributed by atoms with Crippen LogP contribution in [0.3, 0.4) is 0 Å². The van der Waals surface area contributed by atoms with Crippen LogP contribution in [0.15, 0.2) is 0 Å². The molecule has 2 amide bonds. The molecule has 2 N–H and O–H groups in total. The third-order valence-electron chi connectivity index (χ3n) is 3.63. The molecule has 19 heavy (non-hydrogen) atoms. The van der Waals surface area contributed by atoms with Crippen molar-refractivity contribution in [3.05, 3.63) is 0 Å². The van der Waals surface area contributed by atoms with Crippen LogP contribution < -0.4 is 15.7 Å². The highest BCUT2D eigenvalue weighted by atomic mass is 16.4. The van der Waals surface area contributed by atoms with Gasteiger partial charge in [0.25, 0.3) is 0 Å². The molecule has 1 heterocycles. The maximum absolute atomic E-state index is 11.4. The Kier molecular flexibility index (Phi) is 7.30. The van der Waals surface area contributed by atoms with Gasteiger partial charge in [0.05, 0.1) is 12.1 Å². The standard InChI is InChI=1S/C14H26N2O3/c1-2-3-5-8-11-12(16-14(19)15-11)9-6-4-7-10-13(17)18/h11-12H,2-10H2,1H3,(H,17,18)(H2,15,16,19)/p-1/t11-,12-/m1/s1. The highest BCUT2D eigenvalue weighted by molar-refractivity contribution is 5.77. The summed E-state index contributed by atoms with van der Waals surface area (Å²) in [5, 5.41) is 16.2. The normalized spacial score (nSPS) is 22.1. The monoisotopic (exact) mass is 269 g/mol. The number of nitrogens with one attached hydrogen (secondary N) is 2. The van der Waals surface area contributed by atoms with E-state index in [2.05, 4.69) is 17.6 Å². The fourth-order valence-electron chi connectivity index (χ4n) is 2.55. The first-order chi connectivity index (χ1) is 9.13. The molecule has 1 fully saturated rings. The molecule has 0 aliphatic carbocycles. The Morgan fingerprint density at radius 1 is 1.05 bits per heavy atom. The molecular formula is C14H25N2O3-. The minimum absolute atomic E-state index is 0.0683. The molecule has 5 heteroatoms. The van der Waals surface area contributed by atoms with Crippen LogP contribution >= 0.6 is 0 Å². The lowest BCUT2D eigenvalue weighted by atomic mass is 9.97. The van der Waals surface area contributed by atoms with Crippen molar-refractivity contribution in [1.82, 2.24) is 10.6 Å². The predicted molar refractivity (Wildman–Crippen MR) is 71.5 cm³/mol. The molecule has 0 aromatic rings. The quantitative estimate of drug-likeness (QED) is 0.587. The zero-order chi connectivity index (χ0) is 14.1. The van der Waals surface area contributed by atoms with Crippen molar-refractivity contribution in [2.75, 3.05) is 0 Å². The molecule has 0 saturated carbocycles. The van der Waals surface area contributed by atoms with E-state index in [1.807, 2.05) is 0 Å². The second-order valence-corrected chi connectivity index (χ2v) is 5.30. The molecule has 0 bridgehead atoms. The van der Waals surface area contributed by atoms with Crippen LogP contribution in [0.1, 0.15) is 64.7 Å². The molecular weight excluding hydrogens is 244 g/mol. The van der Waals surface area contributed by atoms with Gasteiger partial charge in [-0.15, -0.1) is 0 Å². The molecule has 1 saturated heterocycles. The van der Waals surface area contributed by atoms with E-state index in [0.29, 0.717) is 6.42 Å². The third-order valence-corrected chi connectivity index (χ3v) is 3.63. The predicted octanol–water partition coefficient (Wildman–Crippen LogP) is 1.32. The van der Waals surface area contributed by atoms with Crippen LogP contribution in [0.25, 0.3) is 0 Å². The lowest BCUT2D eigenvalue weighted by molar-refractivity contribution is -0.305. The summed E-state index contributed by atoms with van der Waals surface area (Å²) in [7, 11) is 0. The zero-order valence-electron chi connectivity index (χ0n) is 11.7. The number of rotatable bonds is 10. The Morgan fingerprint density at radius 2 is 1.63 bits per heavy atom. The molecule has 0 aromatic heterocycles. The fraction of sp³-hybridized carbons (Fsp3) is 0.857. The molecule has 1 aliphatic heterocycles. The summed E-state index contributed by atoms with van der Waals surface area (Å²) < 4.78 is 0. The number of aliphatic carboxylic acids is 1. The van der Waals surface area contributed by atoms with Crippen LogP contribution in [0.2, 0.25) is 0 Å². The van der Waals surface area contributed by atoms with Crippen LogP contribution in [0.5, 0.6) is 0 Å². The van der Waals surface area contributed by atoms with Crippen molar-refractivity contribution in [3.63, 3.8) is 0 Å². The summed E-state index contributed by atoms with van der Waals surface area (Å²) in [6, 6.07) is 0.369. The number of hydrogen-bond acceptors (Lipinski definition) is 3. The zero-order valence-corrected chi connectivity index (χ0v) is 11.7. The van der Waals surface area contributed by atoms with E-state index in [9.17, 15) is 14.7 Å². The Balaban J connectivity index is 2.18. The van der Waals surface area contributed by atoms with Gasteiger partial charge in [-0.1, -0.05) is 39.0 Å². The first kappa shape index (κ1) is 15.8. The summed E-state index contributed by atoms with van der Waals surface area (Å²) in [5.74, 6) is -0.978. The number of unbranched alkanes of at least 4 members (excludes halogenated alkanes) is 4. The van der Waals surface area contributed by atoms with Crippen LogP contribution in [0, 0.1) is 0 Å². The van der Waals surface area contributed by atoms with Gasteiger partial charge < -0.3 is 20.5 Å². The highest BCUT2D eigenvalue weighted by Gasteiger charge is 2.30. The second-order valence-electron chi connectivity index (χ2n) is 5.30. The molecule has 0 radical (unpaired) electrons. The molecule has 2 atom stereocenters. The van der Waals surface area contributed by atoms with Crippen molar-refractivity contribution >= 4 is 12.0 Å². The Labute approximate surface area is 115 Å². The molecule has 1 rings (SSSR count). The van der Waals surface area contributed by atoms with E-state index in [1.54, 1.807) is 0 Å². The lowest BCUT2D eigenvalue weighted by Gasteiger charge is -2.18. The maximum Gasteiger partial charge on any atom is 0.315 e. The van der Waals surface area contributed by atoms with E-state index >= 15 is 0 Å². The van der Waals surface area contributed by atoms with Crippen LogP contribution in [-0.4, -0.2) is 24.1 Å². The van der Waals surface area contributed by atoms with Gasteiger partial charge in [0.2, 0.25) is 0 Å². The molecule has 0 spiro atoms. The summed E-state index contributed by atoms with van der Waals surface area (Å²) in [5.41, 5.74) is 0. The molecule has 110 valence electrons. The van der Waals surface area contributed by atoms with E-state index < -0.39 is 5.97 Å². The van der Waals surface area contributed by atoms with Gasteiger partial charge in [0.1, 0.15) is 0 Å². The van der Waals surface area contributed by atoms with Gasteiger partial charge in [-0.3, -0.25) is 0 Å². The van der Waals surface area contributed by atoms with Gasteiger partial charge >= 0.3 is 6.03 Å². The molecule has 0 aromatic carbocycles. The maximum atomic E-state index is 11.4. The van der Waals surface area contributed by atoms with Crippen molar-refractivity contribution < 1.29 is 14.7 Å². The number of carboxylic acids is 1. The Bertz CT molecular complexity index is 294. The first-order valence-electron chi connectivity index (χ1n) is 7.40. The van der Waals surface area contributed by atoms with Gasteiger partial charge in [0.15, 0.2) is 0 Å². The second kappa shape index (κ2) is 8.77. The van der Waals surface area contributed by atoms with Gasteiger partial charge in [-0.05, 0) is 25.7 Å². The van der Waals surface area contributed by atoms with Crippen LogP contribution in [0.4, 0.5) is 4.79 Å². The van der Waals surface area contributed by atoms with Crippen LogP contribution in [-0.2, 0) is 4.79 Å². The summed E-state index contributed by atoms with van der Waals surface area (Å²) in [6.07, 6.45) is 8.09. The summed E-state index contributed by atoms with van der Waals surface area (Å²) in [4.78, 5) is 21.6. The Morgan fingerprint density at radius 3 is 2.16 bits per heavy atom. The molecule has 1 aliphatic rings. The number of hydrogen-bond donors (Lipinski definition) is 2. The topological polar surface area (TPSA) is 81.3 Å². The van der Waals surface area contributed by atoms with Crippen molar-refractivity contribution in [2.45, 2.75) is 76.8 Å². The minimum Gasteiger partial charge on any atom is -0.550 e.